The Bertz CT molecular complexity index is 394. The second kappa shape index (κ2) is 2.47. The van der Waals surface area contributed by atoms with Gasteiger partial charge in [-0.1, -0.05) is 11.6 Å². The average Bonchev–Trinajstić information content (AvgIpc) is 2.32. The van der Waals surface area contributed by atoms with Gasteiger partial charge >= 0.3 is 0 Å². The minimum atomic E-state index is 0.194. The first kappa shape index (κ1) is 7.07. The van der Waals surface area contributed by atoms with Gasteiger partial charge in [0.05, 0.1) is 0 Å². The Balaban J connectivity index is 2.86. The molecule has 0 saturated heterocycles. The summed E-state index contributed by atoms with van der Waals surface area (Å²) in [5.41, 5.74) is 3.00. The standard InChI is InChI=1S/C8H7ClNS/c1-11-5-10-7-4-6(9)2-3-8(7)11/h2-5H,1H3/q+1. The Morgan fingerprint density at radius 2 is 2.27 bits per heavy atom. The number of rotatable bonds is 0. The fraction of sp³-hybridized carbons (Fsp3) is 0.125. The molecule has 1 heterocycles. The molecule has 56 valence electrons. The van der Waals surface area contributed by atoms with Crippen molar-refractivity contribution in [2.45, 2.75) is 0 Å². The Morgan fingerprint density at radius 1 is 1.45 bits per heavy atom. The van der Waals surface area contributed by atoms with Gasteiger partial charge in [-0.15, -0.1) is 0 Å². The molecule has 0 N–H and O–H groups in total. The van der Waals surface area contributed by atoms with Gasteiger partial charge < -0.3 is 0 Å². The molecule has 2 aromatic rings. The summed E-state index contributed by atoms with van der Waals surface area (Å²) >= 11 is 5.80. The van der Waals surface area contributed by atoms with E-state index >= 15 is 0 Å². The van der Waals surface area contributed by atoms with E-state index in [9.17, 15) is 0 Å². The number of fused-ring (bicyclic) bond motifs is 1. The largest absolute Gasteiger partial charge is 0.230 e. The van der Waals surface area contributed by atoms with E-state index in [1.165, 1.54) is 4.70 Å². The molecule has 0 saturated carbocycles. The molecule has 1 unspecified atom stereocenters. The number of benzene rings is 1. The van der Waals surface area contributed by atoms with Crippen LogP contribution in [0.25, 0.3) is 10.2 Å². The predicted molar refractivity (Wildman–Crippen MR) is 50.2 cm³/mol. The predicted octanol–water partition coefficient (Wildman–Crippen LogP) is 3.17. The van der Waals surface area contributed by atoms with Crippen molar-refractivity contribution < 1.29 is 0 Å². The lowest BCUT2D eigenvalue weighted by molar-refractivity contribution is 1.50. The van der Waals surface area contributed by atoms with Crippen molar-refractivity contribution in [1.82, 2.24) is 4.98 Å². The lowest BCUT2D eigenvalue weighted by Crippen LogP contribution is -1.66. The third-order valence-corrected chi connectivity index (χ3v) is 3.31. The lowest BCUT2D eigenvalue weighted by Gasteiger charge is -1.84. The molecular formula is C8H7ClNS+. The quantitative estimate of drug-likeness (QED) is 0.574. The zero-order chi connectivity index (χ0) is 7.84. The third kappa shape index (κ3) is 1.12. The summed E-state index contributed by atoms with van der Waals surface area (Å²) in [7, 11) is 0.194. The Hall–Kier alpha value is -0.600. The third-order valence-electron chi connectivity index (χ3n) is 1.62. The highest BCUT2D eigenvalue weighted by atomic mass is 35.5. The molecule has 1 aromatic carbocycles. The molecule has 0 bridgehead atoms. The van der Waals surface area contributed by atoms with Gasteiger partial charge in [-0.3, -0.25) is 0 Å². The van der Waals surface area contributed by atoms with Crippen LogP contribution in [0, 0.1) is 0 Å². The molecule has 1 atom stereocenters. The minimum Gasteiger partial charge on any atom is -0.200 e. The zero-order valence-electron chi connectivity index (χ0n) is 6.04. The van der Waals surface area contributed by atoms with Crippen LogP contribution in [0.2, 0.25) is 5.02 Å². The molecule has 1 aromatic heterocycles. The first-order valence-electron chi connectivity index (χ1n) is 3.26. The van der Waals surface area contributed by atoms with Crippen LogP contribution in [0.3, 0.4) is 0 Å². The molecule has 0 spiro atoms. The average molecular weight is 185 g/mol. The molecule has 0 aliphatic carbocycles. The van der Waals surface area contributed by atoms with Gasteiger partial charge in [-0.2, -0.15) is 4.98 Å². The summed E-state index contributed by atoms with van der Waals surface area (Å²) < 4.78 is 1.30. The van der Waals surface area contributed by atoms with Crippen LogP contribution in [0.4, 0.5) is 0 Å². The van der Waals surface area contributed by atoms with Crippen molar-refractivity contribution in [3.8, 4) is 0 Å². The first-order chi connectivity index (χ1) is 5.27. The van der Waals surface area contributed by atoms with Crippen molar-refractivity contribution in [3.05, 3.63) is 28.7 Å². The molecule has 0 fully saturated rings. The van der Waals surface area contributed by atoms with Crippen LogP contribution in [0.1, 0.15) is 0 Å². The van der Waals surface area contributed by atoms with E-state index in [0.717, 1.165) is 10.5 Å². The topological polar surface area (TPSA) is 12.9 Å². The minimum absolute atomic E-state index is 0.194. The maximum Gasteiger partial charge on any atom is 0.230 e. The molecule has 0 amide bonds. The van der Waals surface area contributed by atoms with Crippen LogP contribution in [-0.2, 0) is 6.26 Å². The molecule has 0 radical (unpaired) electrons. The Labute approximate surface area is 72.6 Å². The van der Waals surface area contributed by atoms with E-state index in [1.54, 1.807) is 0 Å². The van der Waals surface area contributed by atoms with E-state index in [-0.39, 0.29) is 10.5 Å². The van der Waals surface area contributed by atoms with Crippen LogP contribution >= 0.6 is 22.1 Å². The number of hydrogen-bond acceptors (Lipinski definition) is 1. The highest BCUT2D eigenvalue weighted by molar-refractivity contribution is 7.33. The zero-order valence-corrected chi connectivity index (χ0v) is 7.62. The molecular weight excluding hydrogens is 178 g/mol. The maximum absolute atomic E-state index is 5.80. The number of aromatic nitrogens is 1. The monoisotopic (exact) mass is 184 g/mol. The lowest BCUT2D eigenvalue weighted by atomic mass is 10.3. The van der Waals surface area contributed by atoms with Crippen molar-refractivity contribution in [3.63, 3.8) is 0 Å². The molecule has 0 aliphatic heterocycles. The van der Waals surface area contributed by atoms with E-state index in [2.05, 4.69) is 11.2 Å². The van der Waals surface area contributed by atoms with Crippen molar-refractivity contribution in [2.24, 2.45) is 6.26 Å². The summed E-state index contributed by atoms with van der Waals surface area (Å²) in [5, 5.41) is 0.764. The van der Waals surface area contributed by atoms with Gasteiger partial charge in [-0.25, -0.2) is 0 Å². The normalized spacial score (nSPS) is 12.4. The van der Waals surface area contributed by atoms with E-state index in [4.69, 9.17) is 11.6 Å². The van der Waals surface area contributed by atoms with Gasteiger partial charge in [0.1, 0.15) is 11.8 Å². The summed E-state index contributed by atoms with van der Waals surface area (Å²) in [6, 6.07) is 5.87. The second-order valence-electron chi connectivity index (χ2n) is 2.40. The van der Waals surface area contributed by atoms with Crippen LogP contribution in [0.5, 0.6) is 0 Å². The van der Waals surface area contributed by atoms with E-state index in [0.29, 0.717) is 0 Å². The summed E-state index contributed by atoms with van der Waals surface area (Å²) in [5.74, 6) is 0. The van der Waals surface area contributed by atoms with E-state index < -0.39 is 0 Å². The SMILES string of the molecule is C[s+]1cnc2cc(Cl)ccc21. The first-order valence-corrected chi connectivity index (χ1v) is 5.33. The Morgan fingerprint density at radius 3 is 3.09 bits per heavy atom. The van der Waals surface area contributed by atoms with Crippen molar-refractivity contribution >= 4 is 32.3 Å². The smallest absolute Gasteiger partial charge is 0.200 e. The molecule has 1 nitrogen and oxygen atoms in total. The summed E-state index contributed by atoms with van der Waals surface area (Å²) in [6.45, 7) is 0. The molecule has 0 aliphatic rings. The number of hydrogen-bond donors (Lipinski definition) is 0. The van der Waals surface area contributed by atoms with Crippen LogP contribution < -0.4 is 0 Å². The van der Waals surface area contributed by atoms with Crippen LogP contribution in [0.15, 0.2) is 23.7 Å². The summed E-state index contributed by atoms with van der Waals surface area (Å²) in [6.07, 6.45) is 2.16. The number of halogens is 1. The summed E-state index contributed by atoms with van der Waals surface area (Å²) in [4.78, 5) is 4.24. The maximum atomic E-state index is 5.80. The van der Waals surface area contributed by atoms with Gasteiger partial charge in [-0.05, 0) is 12.1 Å². The highest BCUT2D eigenvalue weighted by Crippen LogP contribution is 2.28. The van der Waals surface area contributed by atoms with Gasteiger partial charge in [0.2, 0.25) is 5.51 Å². The van der Waals surface area contributed by atoms with Gasteiger partial charge in [0.15, 0.2) is 4.70 Å². The highest BCUT2D eigenvalue weighted by Gasteiger charge is 2.07. The van der Waals surface area contributed by atoms with Crippen LogP contribution in [-0.4, -0.2) is 4.98 Å². The number of aryl methyl sites for hydroxylation is 1. The number of thiazole rings is 1. The second-order valence-corrected chi connectivity index (χ2v) is 4.61. The van der Waals surface area contributed by atoms with Gasteiger partial charge in [0, 0.05) is 21.6 Å². The van der Waals surface area contributed by atoms with Gasteiger partial charge in [0.25, 0.3) is 0 Å². The van der Waals surface area contributed by atoms with E-state index in [1.807, 2.05) is 23.7 Å². The fourth-order valence-electron chi connectivity index (χ4n) is 1.06. The molecule has 11 heavy (non-hydrogen) atoms. The van der Waals surface area contributed by atoms with Crippen molar-refractivity contribution in [1.29, 1.82) is 0 Å². The number of nitrogens with zero attached hydrogens (tertiary/aromatic N) is 1. The fourth-order valence-corrected chi connectivity index (χ4v) is 2.33. The molecule has 3 heteroatoms. The molecule has 2 rings (SSSR count). The van der Waals surface area contributed by atoms with Crippen molar-refractivity contribution in [2.75, 3.05) is 0 Å². The Kier molecular flexibility index (Phi) is 1.59.